The second kappa shape index (κ2) is 11.1. The molecule has 1 saturated heterocycles. The number of hydrogen-bond acceptors (Lipinski definition) is 6. The van der Waals surface area contributed by atoms with Gasteiger partial charge in [0.1, 0.15) is 30.3 Å². The molecule has 1 aliphatic rings. The molecule has 4 rings (SSSR count). The molecule has 0 bridgehead atoms. The molecular weight excluding hydrogens is 447 g/mol. The molecule has 2 heterocycles. The van der Waals surface area contributed by atoms with Crippen LogP contribution < -0.4 is 9.64 Å². The first-order valence-corrected chi connectivity index (χ1v) is 11.1. The van der Waals surface area contributed by atoms with Crippen molar-refractivity contribution in [2.24, 2.45) is 0 Å². The predicted molar refractivity (Wildman–Crippen MR) is 123 cm³/mol. The maximum Gasteiger partial charge on any atom is 0.248 e. The summed E-state index contributed by atoms with van der Waals surface area (Å²) in [4.78, 5) is 25.0. The van der Waals surface area contributed by atoms with Gasteiger partial charge in [-0.1, -0.05) is 41.9 Å². The van der Waals surface area contributed by atoms with Crippen LogP contribution in [0.3, 0.4) is 0 Å². The summed E-state index contributed by atoms with van der Waals surface area (Å²) in [6.07, 6.45) is 2.22. The Morgan fingerprint density at radius 1 is 1.03 bits per heavy atom. The van der Waals surface area contributed by atoms with Crippen LogP contribution in [0.15, 0.2) is 60.9 Å². The summed E-state index contributed by atoms with van der Waals surface area (Å²) in [5.41, 5.74) is 1.04. The van der Waals surface area contributed by atoms with Crippen LogP contribution >= 0.6 is 11.6 Å². The van der Waals surface area contributed by atoms with Gasteiger partial charge in [0, 0.05) is 38.3 Å². The highest BCUT2D eigenvalue weighted by Crippen LogP contribution is 2.26. The van der Waals surface area contributed by atoms with Crippen molar-refractivity contribution >= 4 is 23.3 Å². The van der Waals surface area contributed by atoms with Gasteiger partial charge in [-0.2, -0.15) is 0 Å². The monoisotopic (exact) mass is 470 g/mol. The van der Waals surface area contributed by atoms with Gasteiger partial charge in [0.25, 0.3) is 0 Å². The fraction of sp³-hybridized carbons (Fsp3) is 0.292. The van der Waals surface area contributed by atoms with Crippen molar-refractivity contribution in [3.05, 3.63) is 77.3 Å². The van der Waals surface area contributed by atoms with Crippen molar-refractivity contribution in [1.82, 2.24) is 14.9 Å². The molecule has 33 heavy (non-hydrogen) atoms. The van der Waals surface area contributed by atoms with E-state index in [0.29, 0.717) is 43.7 Å². The zero-order valence-electron chi connectivity index (χ0n) is 18.0. The highest BCUT2D eigenvalue weighted by molar-refractivity contribution is 6.30. The number of halogens is 2. The van der Waals surface area contributed by atoms with Crippen LogP contribution in [0.5, 0.6) is 11.6 Å². The van der Waals surface area contributed by atoms with E-state index in [0.717, 1.165) is 18.5 Å². The third-order valence-corrected chi connectivity index (χ3v) is 5.54. The largest absolute Gasteiger partial charge is 0.439 e. The number of anilines is 1. The SMILES string of the molecule is O=C(COCc1ccccc1)N1CCCN(c2cc(Oc3ccc(F)c(Cl)c3)ncn2)CC1. The number of ether oxygens (including phenoxy) is 2. The van der Waals surface area contributed by atoms with E-state index < -0.39 is 5.82 Å². The molecule has 0 unspecified atom stereocenters. The van der Waals surface area contributed by atoms with E-state index >= 15 is 0 Å². The average molecular weight is 471 g/mol. The van der Waals surface area contributed by atoms with E-state index in [4.69, 9.17) is 21.1 Å². The van der Waals surface area contributed by atoms with Gasteiger partial charge in [0.05, 0.1) is 11.6 Å². The Morgan fingerprint density at radius 2 is 1.88 bits per heavy atom. The van der Waals surface area contributed by atoms with Gasteiger partial charge in [-0.05, 0) is 24.1 Å². The minimum atomic E-state index is -0.512. The number of benzene rings is 2. The maximum atomic E-state index is 13.4. The lowest BCUT2D eigenvalue weighted by molar-refractivity contribution is -0.136. The number of amides is 1. The first-order valence-electron chi connectivity index (χ1n) is 10.7. The van der Waals surface area contributed by atoms with Crippen molar-refractivity contribution in [3.8, 4) is 11.6 Å². The molecule has 1 fully saturated rings. The van der Waals surface area contributed by atoms with Crippen molar-refractivity contribution in [2.45, 2.75) is 13.0 Å². The van der Waals surface area contributed by atoms with Crippen molar-refractivity contribution < 1.29 is 18.7 Å². The summed E-state index contributed by atoms with van der Waals surface area (Å²) in [6.45, 7) is 3.07. The van der Waals surface area contributed by atoms with Crippen LogP contribution in [0.4, 0.5) is 10.2 Å². The van der Waals surface area contributed by atoms with E-state index in [1.165, 1.54) is 24.5 Å². The van der Waals surface area contributed by atoms with Gasteiger partial charge in [0.15, 0.2) is 0 Å². The minimum absolute atomic E-state index is 0.0207. The Kier molecular flexibility index (Phi) is 7.70. The molecule has 7 nitrogen and oxygen atoms in total. The number of aromatic nitrogens is 2. The third kappa shape index (κ3) is 6.40. The lowest BCUT2D eigenvalue weighted by atomic mass is 10.2. The first kappa shape index (κ1) is 22.9. The smallest absolute Gasteiger partial charge is 0.248 e. The van der Waals surface area contributed by atoms with Crippen molar-refractivity contribution in [3.63, 3.8) is 0 Å². The molecule has 0 N–H and O–H groups in total. The zero-order valence-corrected chi connectivity index (χ0v) is 18.7. The number of hydrogen-bond donors (Lipinski definition) is 0. The molecule has 9 heteroatoms. The first-order chi connectivity index (χ1) is 16.1. The molecule has 0 saturated carbocycles. The van der Waals surface area contributed by atoms with Crippen LogP contribution in [0.1, 0.15) is 12.0 Å². The second-order valence-electron chi connectivity index (χ2n) is 7.59. The molecule has 0 radical (unpaired) electrons. The highest BCUT2D eigenvalue weighted by atomic mass is 35.5. The quantitative estimate of drug-likeness (QED) is 0.512. The van der Waals surface area contributed by atoms with Crippen molar-refractivity contribution in [1.29, 1.82) is 0 Å². The molecule has 172 valence electrons. The average Bonchev–Trinajstić information content (AvgIpc) is 3.09. The molecule has 1 amide bonds. The number of carbonyl (C=O) groups is 1. The normalized spacial score (nSPS) is 14.1. The standard InChI is InChI=1S/C24H24ClFN4O3/c25-20-13-19(7-8-21(20)26)33-23-14-22(27-17-28-23)29-9-4-10-30(12-11-29)24(31)16-32-15-18-5-2-1-3-6-18/h1-3,5-8,13-14,17H,4,9-12,15-16H2. The van der Waals surface area contributed by atoms with Crippen LogP contribution in [0.25, 0.3) is 0 Å². The Balaban J connectivity index is 1.31. The topological polar surface area (TPSA) is 67.8 Å². The molecule has 0 atom stereocenters. The van der Waals surface area contributed by atoms with Crippen LogP contribution in [-0.4, -0.2) is 53.6 Å². The van der Waals surface area contributed by atoms with E-state index in [1.54, 1.807) is 6.07 Å². The molecule has 2 aromatic carbocycles. The second-order valence-corrected chi connectivity index (χ2v) is 8.00. The predicted octanol–water partition coefficient (Wildman–Crippen LogP) is 4.32. The van der Waals surface area contributed by atoms with E-state index in [9.17, 15) is 9.18 Å². The number of rotatable bonds is 7. The molecule has 0 aliphatic carbocycles. The van der Waals surface area contributed by atoms with E-state index in [-0.39, 0.29) is 17.5 Å². The number of carbonyl (C=O) groups excluding carboxylic acids is 1. The van der Waals surface area contributed by atoms with E-state index in [2.05, 4.69) is 14.9 Å². The van der Waals surface area contributed by atoms with Crippen LogP contribution in [-0.2, 0) is 16.1 Å². The summed E-state index contributed by atoms with van der Waals surface area (Å²) in [7, 11) is 0. The lowest BCUT2D eigenvalue weighted by Gasteiger charge is -2.23. The van der Waals surface area contributed by atoms with Gasteiger partial charge < -0.3 is 19.3 Å². The van der Waals surface area contributed by atoms with Gasteiger partial charge in [-0.15, -0.1) is 0 Å². The summed E-state index contributed by atoms with van der Waals surface area (Å²) in [6, 6.07) is 15.6. The summed E-state index contributed by atoms with van der Waals surface area (Å²) >= 11 is 5.82. The van der Waals surface area contributed by atoms with Crippen LogP contribution in [0, 0.1) is 5.82 Å². The molecule has 0 spiro atoms. The van der Waals surface area contributed by atoms with E-state index in [1.807, 2.05) is 35.2 Å². The Hall–Kier alpha value is -3.23. The fourth-order valence-electron chi connectivity index (χ4n) is 3.54. The Labute approximate surface area is 196 Å². The zero-order chi connectivity index (χ0) is 23.0. The Bertz CT molecular complexity index is 1090. The lowest BCUT2D eigenvalue weighted by Crippen LogP contribution is -2.37. The summed E-state index contributed by atoms with van der Waals surface area (Å²) < 4.78 is 24.7. The van der Waals surface area contributed by atoms with Crippen molar-refractivity contribution in [2.75, 3.05) is 37.7 Å². The molecule has 3 aromatic rings. The third-order valence-electron chi connectivity index (χ3n) is 5.25. The Morgan fingerprint density at radius 3 is 2.70 bits per heavy atom. The van der Waals surface area contributed by atoms with Gasteiger partial charge in [0.2, 0.25) is 11.8 Å². The molecular formula is C24H24ClFN4O3. The van der Waals surface area contributed by atoms with Crippen LogP contribution in [0.2, 0.25) is 5.02 Å². The maximum absolute atomic E-state index is 13.4. The minimum Gasteiger partial charge on any atom is -0.439 e. The fourth-order valence-corrected chi connectivity index (χ4v) is 3.71. The summed E-state index contributed by atoms with van der Waals surface area (Å²) in [5.74, 6) is 0.875. The summed E-state index contributed by atoms with van der Waals surface area (Å²) in [5, 5.41) is -0.0215. The number of nitrogens with zero attached hydrogens (tertiary/aromatic N) is 4. The molecule has 1 aliphatic heterocycles. The van der Waals surface area contributed by atoms with Gasteiger partial charge in [-0.3, -0.25) is 4.79 Å². The molecule has 1 aromatic heterocycles. The van der Waals surface area contributed by atoms with Gasteiger partial charge in [-0.25, -0.2) is 14.4 Å². The van der Waals surface area contributed by atoms with Gasteiger partial charge >= 0.3 is 0 Å². The highest BCUT2D eigenvalue weighted by Gasteiger charge is 2.20.